The zero-order valence-electron chi connectivity index (χ0n) is 11.6. The van der Waals surface area contributed by atoms with E-state index in [0.29, 0.717) is 18.0 Å². The van der Waals surface area contributed by atoms with Crippen molar-refractivity contribution in [2.75, 3.05) is 11.9 Å². The SMILES string of the molecule is Cc1nc(NCC2CC(C)NN2)cc(C(C)C)n1. The molecule has 2 heterocycles. The topological polar surface area (TPSA) is 61.9 Å². The molecule has 0 amide bonds. The summed E-state index contributed by atoms with van der Waals surface area (Å²) in [7, 11) is 0. The van der Waals surface area contributed by atoms with Gasteiger partial charge in [0.2, 0.25) is 0 Å². The van der Waals surface area contributed by atoms with Gasteiger partial charge in [-0.05, 0) is 26.2 Å². The molecule has 0 spiro atoms. The van der Waals surface area contributed by atoms with E-state index in [1.165, 1.54) is 0 Å². The van der Waals surface area contributed by atoms with Crippen molar-refractivity contribution in [3.8, 4) is 0 Å². The Labute approximate surface area is 109 Å². The molecule has 18 heavy (non-hydrogen) atoms. The average molecular weight is 249 g/mol. The lowest BCUT2D eigenvalue weighted by molar-refractivity contribution is 0.557. The molecule has 0 saturated carbocycles. The van der Waals surface area contributed by atoms with Gasteiger partial charge in [0.1, 0.15) is 11.6 Å². The number of aryl methyl sites for hydroxylation is 1. The Morgan fingerprint density at radius 2 is 2.17 bits per heavy atom. The Balaban J connectivity index is 1.96. The number of hydrazine groups is 1. The first-order chi connectivity index (χ1) is 8.54. The van der Waals surface area contributed by atoms with Crippen LogP contribution >= 0.6 is 0 Å². The molecule has 3 N–H and O–H groups in total. The first-order valence-electron chi connectivity index (χ1n) is 6.65. The third-order valence-corrected chi connectivity index (χ3v) is 3.15. The fourth-order valence-electron chi connectivity index (χ4n) is 2.14. The Hall–Kier alpha value is -1.20. The van der Waals surface area contributed by atoms with Crippen LogP contribution in [0.25, 0.3) is 0 Å². The largest absolute Gasteiger partial charge is 0.368 e. The predicted molar refractivity (Wildman–Crippen MR) is 73.5 cm³/mol. The summed E-state index contributed by atoms with van der Waals surface area (Å²) in [5.41, 5.74) is 7.59. The quantitative estimate of drug-likeness (QED) is 0.756. The van der Waals surface area contributed by atoms with Crippen molar-refractivity contribution < 1.29 is 0 Å². The lowest BCUT2D eigenvalue weighted by atomic mass is 10.1. The van der Waals surface area contributed by atoms with E-state index in [2.05, 4.69) is 46.9 Å². The summed E-state index contributed by atoms with van der Waals surface area (Å²) in [6.07, 6.45) is 1.13. The maximum absolute atomic E-state index is 4.45. The standard InChI is InChI=1S/C13H23N5/c1-8(2)12-6-13(16-10(4)15-12)14-7-11-5-9(3)17-18-11/h6,8-9,11,17-18H,5,7H2,1-4H3,(H,14,15,16). The second-order valence-electron chi connectivity index (χ2n) is 5.38. The van der Waals surface area contributed by atoms with Crippen LogP contribution in [0.2, 0.25) is 0 Å². The van der Waals surface area contributed by atoms with E-state index in [4.69, 9.17) is 0 Å². The first-order valence-corrected chi connectivity index (χ1v) is 6.65. The van der Waals surface area contributed by atoms with Crippen molar-refractivity contribution in [3.63, 3.8) is 0 Å². The van der Waals surface area contributed by atoms with Gasteiger partial charge in [0, 0.05) is 30.4 Å². The molecule has 0 aliphatic carbocycles. The molecule has 5 nitrogen and oxygen atoms in total. The third-order valence-electron chi connectivity index (χ3n) is 3.15. The molecule has 1 saturated heterocycles. The molecular weight excluding hydrogens is 226 g/mol. The molecule has 2 atom stereocenters. The maximum atomic E-state index is 4.45. The Kier molecular flexibility index (Phi) is 4.14. The third kappa shape index (κ3) is 3.40. The fraction of sp³-hybridized carbons (Fsp3) is 0.692. The number of nitrogens with one attached hydrogen (secondary N) is 3. The van der Waals surface area contributed by atoms with E-state index >= 15 is 0 Å². The van der Waals surface area contributed by atoms with Crippen LogP contribution < -0.4 is 16.2 Å². The van der Waals surface area contributed by atoms with Crippen molar-refractivity contribution in [2.45, 2.75) is 52.1 Å². The highest BCUT2D eigenvalue weighted by Gasteiger charge is 2.19. The van der Waals surface area contributed by atoms with Crippen LogP contribution in [0.3, 0.4) is 0 Å². The molecule has 1 fully saturated rings. The Morgan fingerprint density at radius 3 is 2.78 bits per heavy atom. The summed E-state index contributed by atoms with van der Waals surface area (Å²) >= 11 is 0. The molecule has 1 aromatic heterocycles. The molecule has 0 bridgehead atoms. The molecule has 0 radical (unpaired) electrons. The van der Waals surface area contributed by atoms with Crippen molar-refractivity contribution in [3.05, 3.63) is 17.6 Å². The van der Waals surface area contributed by atoms with Crippen LogP contribution in [0.4, 0.5) is 5.82 Å². The molecule has 5 heteroatoms. The van der Waals surface area contributed by atoms with Gasteiger partial charge in [-0.3, -0.25) is 10.9 Å². The van der Waals surface area contributed by atoms with Gasteiger partial charge in [0.15, 0.2) is 0 Å². The van der Waals surface area contributed by atoms with Gasteiger partial charge in [-0.15, -0.1) is 0 Å². The molecular formula is C13H23N5. The van der Waals surface area contributed by atoms with E-state index in [9.17, 15) is 0 Å². The molecule has 2 rings (SSSR count). The normalized spacial score (nSPS) is 23.6. The molecule has 1 aromatic rings. The monoisotopic (exact) mass is 249 g/mol. The van der Waals surface area contributed by atoms with Crippen LogP contribution in [0, 0.1) is 6.92 Å². The van der Waals surface area contributed by atoms with Crippen molar-refractivity contribution in [1.82, 2.24) is 20.8 Å². The molecule has 2 unspecified atom stereocenters. The molecule has 100 valence electrons. The van der Waals surface area contributed by atoms with Gasteiger partial charge >= 0.3 is 0 Å². The lowest BCUT2D eigenvalue weighted by Gasteiger charge is -2.13. The predicted octanol–water partition coefficient (Wildman–Crippen LogP) is 1.58. The summed E-state index contributed by atoms with van der Waals surface area (Å²) in [4.78, 5) is 8.87. The van der Waals surface area contributed by atoms with Crippen LogP contribution in [0.5, 0.6) is 0 Å². The number of rotatable bonds is 4. The highest BCUT2D eigenvalue weighted by Crippen LogP contribution is 2.15. The zero-order chi connectivity index (χ0) is 13.1. The second kappa shape index (κ2) is 5.63. The highest BCUT2D eigenvalue weighted by molar-refractivity contribution is 5.37. The van der Waals surface area contributed by atoms with E-state index in [0.717, 1.165) is 30.3 Å². The number of hydrogen-bond donors (Lipinski definition) is 3. The maximum Gasteiger partial charge on any atom is 0.129 e. The van der Waals surface area contributed by atoms with E-state index in [-0.39, 0.29) is 0 Å². The van der Waals surface area contributed by atoms with Crippen LogP contribution in [-0.4, -0.2) is 28.6 Å². The van der Waals surface area contributed by atoms with Gasteiger partial charge < -0.3 is 5.32 Å². The van der Waals surface area contributed by atoms with Gasteiger partial charge in [-0.2, -0.15) is 0 Å². The second-order valence-corrected chi connectivity index (χ2v) is 5.38. The van der Waals surface area contributed by atoms with Crippen molar-refractivity contribution in [2.24, 2.45) is 0 Å². The Morgan fingerprint density at radius 1 is 1.39 bits per heavy atom. The summed E-state index contributed by atoms with van der Waals surface area (Å²) in [6, 6.07) is 3.04. The number of aromatic nitrogens is 2. The van der Waals surface area contributed by atoms with Crippen LogP contribution in [0.1, 0.15) is 44.6 Å². The van der Waals surface area contributed by atoms with E-state index in [1.54, 1.807) is 0 Å². The van der Waals surface area contributed by atoms with Crippen LogP contribution in [-0.2, 0) is 0 Å². The molecule has 1 aliphatic rings. The van der Waals surface area contributed by atoms with E-state index in [1.807, 2.05) is 13.0 Å². The minimum Gasteiger partial charge on any atom is -0.368 e. The molecule has 0 aromatic carbocycles. The highest BCUT2D eigenvalue weighted by atomic mass is 15.4. The number of hydrogen-bond acceptors (Lipinski definition) is 5. The smallest absolute Gasteiger partial charge is 0.129 e. The van der Waals surface area contributed by atoms with Gasteiger partial charge in [0.25, 0.3) is 0 Å². The van der Waals surface area contributed by atoms with Crippen LogP contribution in [0.15, 0.2) is 6.07 Å². The zero-order valence-corrected chi connectivity index (χ0v) is 11.6. The summed E-state index contributed by atoms with van der Waals surface area (Å²) in [6.45, 7) is 9.30. The minimum atomic E-state index is 0.429. The summed E-state index contributed by atoms with van der Waals surface area (Å²) < 4.78 is 0. The number of nitrogens with zero attached hydrogens (tertiary/aromatic N) is 2. The summed E-state index contributed by atoms with van der Waals surface area (Å²) in [5, 5.41) is 3.39. The number of anilines is 1. The van der Waals surface area contributed by atoms with E-state index < -0.39 is 0 Å². The van der Waals surface area contributed by atoms with Gasteiger partial charge in [-0.1, -0.05) is 13.8 Å². The fourth-order valence-corrected chi connectivity index (χ4v) is 2.14. The minimum absolute atomic E-state index is 0.429. The molecule has 1 aliphatic heterocycles. The first kappa shape index (κ1) is 13.2. The van der Waals surface area contributed by atoms with Crippen molar-refractivity contribution in [1.29, 1.82) is 0 Å². The Bertz CT molecular complexity index is 404. The van der Waals surface area contributed by atoms with Gasteiger partial charge in [-0.25, -0.2) is 9.97 Å². The summed E-state index contributed by atoms with van der Waals surface area (Å²) in [5.74, 6) is 2.18. The lowest BCUT2D eigenvalue weighted by Crippen LogP contribution is -2.36. The van der Waals surface area contributed by atoms with Crippen molar-refractivity contribution >= 4 is 5.82 Å². The average Bonchev–Trinajstić information content (AvgIpc) is 2.72. The van der Waals surface area contributed by atoms with Gasteiger partial charge in [0.05, 0.1) is 0 Å².